The van der Waals surface area contributed by atoms with Crippen LogP contribution in [-0.4, -0.2) is 26.4 Å². The highest BCUT2D eigenvalue weighted by molar-refractivity contribution is 6.79. The van der Waals surface area contributed by atoms with Gasteiger partial charge < -0.3 is 9.67 Å². The zero-order valence-electron chi connectivity index (χ0n) is 9.61. The molecule has 0 fully saturated rings. The fourth-order valence-corrected chi connectivity index (χ4v) is 2.23. The van der Waals surface area contributed by atoms with Gasteiger partial charge in [-0.25, -0.2) is 4.79 Å². The minimum absolute atomic E-state index is 0.377. The van der Waals surface area contributed by atoms with E-state index in [1.54, 1.807) is 12.1 Å². The molecule has 0 aliphatic rings. The van der Waals surface area contributed by atoms with Crippen molar-refractivity contribution in [3.05, 3.63) is 29.8 Å². The zero-order chi connectivity index (χ0) is 11.6. The van der Waals surface area contributed by atoms with E-state index in [0.29, 0.717) is 5.56 Å². The Morgan fingerprint density at radius 3 is 2.27 bits per heavy atom. The van der Waals surface area contributed by atoms with Crippen molar-refractivity contribution in [1.29, 1.82) is 0 Å². The molecule has 0 atom stereocenters. The molecule has 0 spiro atoms. The molecule has 0 heterocycles. The van der Waals surface area contributed by atoms with Crippen LogP contribution in [0.25, 0.3) is 0 Å². The van der Waals surface area contributed by atoms with Crippen LogP contribution in [0.15, 0.2) is 24.3 Å². The lowest BCUT2D eigenvalue weighted by atomic mass is 10.2. The summed E-state index contributed by atoms with van der Waals surface area (Å²) in [5, 5.41) is 9.07. The third kappa shape index (κ3) is 2.59. The number of para-hydroxylation sites is 1. The number of anilines is 1. The van der Waals surface area contributed by atoms with Crippen LogP contribution >= 0.6 is 0 Å². The molecule has 1 rings (SSSR count). The van der Waals surface area contributed by atoms with Gasteiger partial charge >= 0.3 is 5.97 Å². The van der Waals surface area contributed by atoms with Crippen molar-refractivity contribution >= 4 is 19.9 Å². The molecule has 1 aromatic rings. The highest BCUT2D eigenvalue weighted by Crippen LogP contribution is 2.23. The van der Waals surface area contributed by atoms with Crippen molar-refractivity contribution in [3.63, 3.8) is 0 Å². The third-order valence-electron chi connectivity index (χ3n) is 2.50. The molecule has 0 saturated heterocycles. The predicted octanol–water partition coefficient (Wildman–Crippen LogP) is 2.66. The van der Waals surface area contributed by atoms with E-state index >= 15 is 0 Å². The summed E-state index contributed by atoms with van der Waals surface area (Å²) in [5.74, 6) is -0.865. The molecule has 0 aliphatic carbocycles. The van der Waals surface area contributed by atoms with Gasteiger partial charge in [-0.2, -0.15) is 0 Å². The van der Waals surface area contributed by atoms with Crippen molar-refractivity contribution in [2.45, 2.75) is 19.6 Å². The van der Waals surface area contributed by atoms with Gasteiger partial charge in [-0.1, -0.05) is 31.8 Å². The summed E-state index contributed by atoms with van der Waals surface area (Å²) in [4.78, 5) is 11.0. The van der Waals surface area contributed by atoms with Crippen LogP contribution in [0.4, 0.5) is 5.69 Å². The number of hydrogen-bond donors (Lipinski definition) is 1. The molecular formula is C11H17NO2Si. The first-order chi connectivity index (χ1) is 6.84. The van der Waals surface area contributed by atoms with Gasteiger partial charge in [0.25, 0.3) is 0 Å². The van der Waals surface area contributed by atoms with Gasteiger partial charge in [-0.05, 0) is 19.2 Å². The summed E-state index contributed by atoms with van der Waals surface area (Å²) in [7, 11) is 0.458. The second-order valence-electron chi connectivity index (χ2n) is 4.55. The normalized spacial score (nSPS) is 11.2. The van der Waals surface area contributed by atoms with E-state index in [1.807, 2.05) is 19.2 Å². The van der Waals surface area contributed by atoms with Gasteiger partial charge in [0, 0.05) is 5.69 Å². The Balaban J connectivity index is 3.19. The van der Waals surface area contributed by atoms with Crippen molar-refractivity contribution < 1.29 is 9.90 Å². The van der Waals surface area contributed by atoms with Crippen LogP contribution in [0.3, 0.4) is 0 Å². The molecule has 0 saturated carbocycles. The molecular weight excluding hydrogens is 206 g/mol. The maximum Gasteiger partial charge on any atom is 0.337 e. The first-order valence-electron chi connectivity index (χ1n) is 4.90. The molecule has 1 aromatic carbocycles. The van der Waals surface area contributed by atoms with Crippen molar-refractivity contribution in [2.24, 2.45) is 0 Å². The SMILES string of the molecule is CN(c1ccccc1C(=O)O)[Si](C)(C)C. The minimum Gasteiger partial charge on any atom is -0.478 e. The maximum atomic E-state index is 11.0. The maximum absolute atomic E-state index is 11.0. The number of aromatic carboxylic acids is 1. The van der Waals surface area contributed by atoms with Crippen LogP contribution in [0.1, 0.15) is 10.4 Å². The van der Waals surface area contributed by atoms with Crippen LogP contribution in [0.5, 0.6) is 0 Å². The first-order valence-corrected chi connectivity index (χ1v) is 8.35. The number of carboxylic acid groups (broad SMARTS) is 1. The Labute approximate surface area is 91.4 Å². The number of rotatable bonds is 3. The summed E-state index contributed by atoms with van der Waals surface area (Å²) in [6, 6.07) is 7.14. The monoisotopic (exact) mass is 223 g/mol. The standard InChI is InChI=1S/C11H17NO2Si/c1-12(15(2,3)4)10-8-6-5-7-9(10)11(13)14/h5-8H,1-4H3,(H,13,14). The van der Waals surface area contributed by atoms with Gasteiger partial charge in [0.2, 0.25) is 0 Å². The fourth-order valence-electron chi connectivity index (χ4n) is 1.31. The Bertz CT molecular complexity index is 371. The summed E-state index contributed by atoms with van der Waals surface area (Å²) in [6.45, 7) is 6.56. The van der Waals surface area contributed by atoms with Gasteiger partial charge in [0.05, 0.1) is 5.56 Å². The number of carboxylic acids is 1. The lowest BCUT2D eigenvalue weighted by Gasteiger charge is -2.33. The Kier molecular flexibility index (Phi) is 3.19. The van der Waals surface area contributed by atoms with Crippen LogP contribution in [0.2, 0.25) is 19.6 Å². The molecule has 0 aliphatic heterocycles. The lowest BCUT2D eigenvalue weighted by molar-refractivity contribution is 0.0698. The third-order valence-corrected chi connectivity index (χ3v) is 4.76. The van der Waals surface area contributed by atoms with E-state index in [2.05, 4.69) is 24.2 Å². The van der Waals surface area contributed by atoms with E-state index in [4.69, 9.17) is 5.11 Å². The lowest BCUT2D eigenvalue weighted by Crippen LogP contribution is -2.43. The highest BCUT2D eigenvalue weighted by Gasteiger charge is 2.23. The van der Waals surface area contributed by atoms with E-state index in [1.165, 1.54) is 0 Å². The average Bonchev–Trinajstić information content (AvgIpc) is 2.15. The van der Waals surface area contributed by atoms with Crippen LogP contribution < -0.4 is 4.57 Å². The summed E-state index contributed by atoms with van der Waals surface area (Å²) in [5.41, 5.74) is 1.19. The molecule has 0 aromatic heterocycles. The molecule has 82 valence electrons. The van der Waals surface area contributed by atoms with Gasteiger partial charge in [0.1, 0.15) is 8.24 Å². The topological polar surface area (TPSA) is 40.5 Å². The average molecular weight is 223 g/mol. The minimum atomic E-state index is -1.51. The Hall–Kier alpha value is -1.29. The number of hydrogen-bond acceptors (Lipinski definition) is 2. The Morgan fingerprint density at radius 1 is 1.27 bits per heavy atom. The van der Waals surface area contributed by atoms with Crippen molar-refractivity contribution in [3.8, 4) is 0 Å². The Morgan fingerprint density at radius 2 is 1.80 bits per heavy atom. The molecule has 1 N–H and O–H groups in total. The predicted molar refractivity (Wildman–Crippen MR) is 65.2 cm³/mol. The smallest absolute Gasteiger partial charge is 0.337 e. The van der Waals surface area contributed by atoms with Crippen LogP contribution in [0, 0.1) is 0 Å². The second kappa shape index (κ2) is 4.06. The first kappa shape index (κ1) is 11.8. The highest BCUT2D eigenvalue weighted by atomic mass is 28.3. The molecule has 0 bridgehead atoms. The van der Waals surface area contributed by atoms with Gasteiger partial charge in [-0.3, -0.25) is 0 Å². The quantitative estimate of drug-likeness (QED) is 0.801. The van der Waals surface area contributed by atoms with E-state index in [0.717, 1.165) is 5.69 Å². The van der Waals surface area contributed by atoms with Crippen LogP contribution in [-0.2, 0) is 0 Å². The number of nitrogens with zero attached hydrogens (tertiary/aromatic N) is 1. The van der Waals surface area contributed by atoms with Gasteiger partial charge in [-0.15, -0.1) is 0 Å². The largest absolute Gasteiger partial charge is 0.478 e. The fraction of sp³-hybridized carbons (Fsp3) is 0.364. The summed E-state index contributed by atoms with van der Waals surface area (Å²) in [6.07, 6.45) is 0. The molecule has 15 heavy (non-hydrogen) atoms. The van der Waals surface area contributed by atoms with E-state index < -0.39 is 14.2 Å². The molecule has 0 amide bonds. The van der Waals surface area contributed by atoms with E-state index in [-0.39, 0.29) is 0 Å². The zero-order valence-corrected chi connectivity index (χ0v) is 10.6. The summed E-state index contributed by atoms with van der Waals surface area (Å²) < 4.78 is 2.11. The molecule has 3 nitrogen and oxygen atoms in total. The summed E-state index contributed by atoms with van der Waals surface area (Å²) >= 11 is 0. The number of benzene rings is 1. The molecule has 0 radical (unpaired) electrons. The van der Waals surface area contributed by atoms with E-state index in [9.17, 15) is 4.79 Å². The second-order valence-corrected chi connectivity index (χ2v) is 9.56. The molecule has 4 heteroatoms. The van der Waals surface area contributed by atoms with Crippen molar-refractivity contribution in [2.75, 3.05) is 11.6 Å². The van der Waals surface area contributed by atoms with Crippen molar-refractivity contribution in [1.82, 2.24) is 0 Å². The molecule has 0 unspecified atom stereocenters. The number of carbonyl (C=O) groups is 1. The van der Waals surface area contributed by atoms with Gasteiger partial charge in [0.15, 0.2) is 0 Å².